The fourth-order valence-corrected chi connectivity index (χ4v) is 2.50. The van der Waals surface area contributed by atoms with Gasteiger partial charge in [-0.3, -0.25) is 0 Å². The van der Waals surface area contributed by atoms with Gasteiger partial charge in [0.25, 0.3) is 0 Å². The Morgan fingerprint density at radius 1 is 1.50 bits per heavy atom. The normalized spacial score (nSPS) is 36.4. The van der Waals surface area contributed by atoms with Gasteiger partial charge in [0.2, 0.25) is 0 Å². The van der Waals surface area contributed by atoms with E-state index in [1.165, 1.54) is 0 Å². The summed E-state index contributed by atoms with van der Waals surface area (Å²) < 4.78 is 21.6. The minimum absolute atomic E-state index is 0.224. The largest absolute Gasteiger partial charge is 0.460 e. The highest BCUT2D eigenvalue weighted by Gasteiger charge is 2.56. The molecule has 2 rings (SSSR count). The van der Waals surface area contributed by atoms with E-state index in [1.807, 2.05) is 0 Å². The summed E-state index contributed by atoms with van der Waals surface area (Å²) in [6, 6.07) is 0. The number of esters is 1. The lowest BCUT2D eigenvalue weighted by Crippen LogP contribution is -2.41. The number of hydrogen-bond donors (Lipinski definition) is 2. The molecule has 2 heterocycles. The van der Waals surface area contributed by atoms with Gasteiger partial charge in [0.15, 0.2) is 12.1 Å². The van der Waals surface area contributed by atoms with E-state index < -0.39 is 42.3 Å². The van der Waals surface area contributed by atoms with Gasteiger partial charge in [0, 0.05) is 12.0 Å². The smallest absolute Gasteiger partial charge is 0.330 e. The minimum atomic E-state index is -1.07. The quantitative estimate of drug-likeness (QED) is 0.523. The summed E-state index contributed by atoms with van der Waals surface area (Å²) in [6.07, 6.45) is -1.88. The number of ether oxygens (including phenoxy) is 4. The summed E-state index contributed by atoms with van der Waals surface area (Å²) >= 11 is 0. The van der Waals surface area contributed by atoms with Crippen LogP contribution in [0, 0.1) is 5.92 Å². The molecule has 3 unspecified atom stereocenters. The summed E-state index contributed by atoms with van der Waals surface area (Å²) in [5.74, 6) is -1.86. The maximum absolute atomic E-state index is 11.0. The van der Waals surface area contributed by atoms with Crippen molar-refractivity contribution >= 4 is 5.97 Å². The van der Waals surface area contributed by atoms with Gasteiger partial charge >= 0.3 is 5.97 Å². The van der Waals surface area contributed by atoms with Crippen LogP contribution in [0.2, 0.25) is 0 Å². The molecule has 0 bridgehead atoms. The zero-order valence-corrected chi connectivity index (χ0v) is 11.5. The van der Waals surface area contributed by atoms with E-state index in [9.17, 15) is 15.0 Å². The Morgan fingerprint density at radius 2 is 2.20 bits per heavy atom. The zero-order chi connectivity index (χ0) is 14.9. The average Bonchev–Trinajstić information content (AvgIpc) is 2.86. The van der Waals surface area contributed by atoms with E-state index >= 15 is 0 Å². The Bertz CT molecular complexity index is 381. The van der Waals surface area contributed by atoms with Crippen molar-refractivity contribution in [1.29, 1.82) is 0 Å². The fourth-order valence-electron chi connectivity index (χ4n) is 2.50. The van der Waals surface area contributed by atoms with Gasteiger partial charge in [-0.2, -0.15) is 0 Å². The molecular weight excluding hydrogens is 268 g/mol. The van der Waals surface area contributed by atoms with E-state index in [0.29, 0.717) is 0 Å². The first-order valence-corrected chi connectivity index (χ1v) is 6.47. The van der Waals surface area contributed by atoms with E-state index in [2.05, 4.69) is 6.58 Å². The predicted molar refractivity (Wildman–Crippen MR) is 66.4 cm³/mol. The van der Waals surface area contributed by atoms with Crippen LogP contribution in [0.3, 0.4) is 0 Å². The summed E-state index contributed by atoms with van der Waals surface area (Å²) in [6.45, 7) is 6.30. The first kappa shape index (κ1) is 15.4. The Labute approximate surface area is 117 Å². The molecule has 114 valence electrons. The van der Waals surface area contributed by atoms with Crippen LogP contribution in [0.4, 0.5) is 0 Å². The van der Waals surface area contributed by atoms with Crippen molar-refractivity contribution in [1.82, 2.24) is 0 Å². The molecule has 20 heavy (non-hydrogen) atoms. The van der Waals surface area contributed by atoms with E-state index in [0.717, 1.165) is 6.08 Å². The molecule has 7 nitrogen and oxygen atoms in total. The van der Waals surface area contributed by atoms with Crippen LogP contribution in [-0.2, 0) is 23.7 Å². The van der Waals surface area contributed by atoms with Crippen LogP contribution in [0.15, 0.2) is 12.7 Å². The lowest BCUT2D eigenvalue weighted by molar-refractivity contribution is -0.224. The lowest BCUT2D eigenvalue weighted by Gasteiger charge is -2.27. The molecule has 7 heteroatoms. The third-order valence-corrected chi connectivity index (χ3v) is 3.38. The number of hydrogen-bond acceptors (Lipinski definition) is 7. The Kier molecular flexibility index (Phi) is 4.46. The number of carbonyl (C=O) groups excluding carboxylic acids is 1. The van der Waals surface area contributed by atoms with E-state index in [-0.39, 0.29) is 13.2 Å². The highest BCUT2D eigenvalue weighted by molar-refractivity contribution is 5.81. The van der Waals surface area contributed by atoms with Crippen molar-refractivity contribution in [3.63, 3.8) is 0 Å². The number of rotatable bonds is 5. The third-order valence-electron chi connectivity index (χ3n) is 3.38. The van der Waals surface area contributed by atoms with Gasteiger partial charge in [-0.1, -0.05) is 6.58 Å². The molecule has 0 amide bonds. The molecule has 0 radical (unpaired) electrons. The topological polar surface area (TPSA) is 94.5 Å². The van der Waals surface area contributed by atoms with Crippen molar-refractivity contribution in [2.24, 2.45) is 5.92 Å². The molecule has 0 aliphatic carbocycles. The molecule has 2 aliphatic rings. The summed E-state index contributed by atoms with van der Waals surface area (Å²) in [5.41, 5.74) is 0. The molecular formula is C13H20O7. The second kappa shape index (κ2) is 5.79. The Balaban J connectivity index is 1.96. The number of aliphatic hydroxyl groups excluding tert-OH is 2. The van der Waals surface area contributed by atoms with Crippen LogP contribution >= 0.6 is 0 Å². The van der Waals surface area contributed by atoms with Crippen molar-refractivity contribution in [2.45, 2.75) is 44.2 Å². The van der Waals surface area contributed by atoms with Gasteiger partial charge in [-0.25, -0.2) is 4.79 Å². The van der Waals surface area contributed by atoms with Crippen molar-refractivity contribution in [3.05, 3.63) is 12.7 Å². The van der Waals surface area contributed by atoms with Crippen molar-refractivity contribution < 1.29 is 34.0 Å². The number of fused-ring (bicyclic) bond motifs is 1. The molecule has 2 aliphatic heterocycles. The predicted octanol–water partition coefficient (Wildman–Crippen LogP) is -0.439. The van der Waals surface area contributed by atoms with Crippen molar-refractivity contribution in [3.8, 4) is 0 Å². The summed E-state index contributed by atoms with van der Waals surface area (Å²) in [4.78, 5) is 11.0. The second-order valence-corrected chi connectivity index (χ2v) is 5.32. The number of carbonyl (C=O) groups is 1. The molecule has 0 aromatic rings. The van der Waals surface area contributed by atoms with Crippen molar-refractivity contribution in [2.75, 3.05) is 13.2 Å². The number of aliphatic hydroxyl groups is 2. The second-order valence-electron chi connectivity index (χ2n) is 5.32. The molecule has 0 saturated carbocycles. The van der Waals surface area contributed by atoms with Gasteiger partial charge < -0.3 is 29.2 Å². The monoisotopic (exact) mass is 288 g/mol. The summed E-state index contributed by atoms with van der Waals surface area (Å²) in [7, 11) is 0. The standard InChI is InChI=1S/C13H20O7/c1-4-9(16)17-6-8(15)10-7(5-14)11-12(18-10)20-13(2,3)19-11/h4,7-8,10-12,14-15H,1,5-6H2,2-3H3/t7?,8?,10-,11?,12+/m0/s1. The lowest BCUT2D eigenvalue weighted by atomic mass is 9.96. The van der Waals surface area contributed by atoms with Crippen LogP contribution in [0.5, 0.6) is 0 Å². The Hall–Kier alpha value is -0.990. The minimum Gasteiger partial charge on any atom is -0.460 e. The average molecular weight is 288 g/mol. The molecule has 5 atom stereocenters. The fraction of sp³-hybridized carbons (Fsp3) is 0.769. The molecule has 2 N–H and O–H groups in total. The molecule has 2 saturated heterocycles. The molecule has 0 spiro atoms. The first-order valence-electron chi connectivity index (χ1n) is 6.47. The van der Waals surface area contributed by atoms with Gasteiger partial charge in [-0.05, 0) is 13.8 Å². The van der Waals surface area contributed by atoms with Crippen LogP contribution in [0.25, 0.3) is 0 Å². The maximum atomic E-state index is 11.0. The third kappa shape index (κ3) is 3.02. The highest BCUT2D eigenvalue weighted by Crippen LogP contribution is 2.41. The maximum Gasteiger partial charge on any atom is 0.330 e. The van der Waals surface area contributed by atoms with Crippen LogP contribution in [-0.4, -0.2) is 59.8 Å². The SMILES string of the molecule is C=CC(=O)OCC(O)[C@H]1O[C@@H]2OC(C)(C)OC2C1CO. The zero-order valence-electron chi connectivity index (χ0n) is 11.5. The summed E-state index contributed by atoms with van der Waals surface area (Å²) in [5, 5.41) is 19.5. The van der Waals surface area contributed by atoms with E-state index in [1.54, 1.807) is 13.8 Å². The van der Waals surface area contributed by atoms with Crippen LogP contribution in [0.1, 0.15) is 13.8 Å². The van der Waals surface area contributed by atoms with Gasteiger partial charge in [0.1, 0.15) is 18.8 Å². The first-order chi connectivity index (χ1) is 9.38. The highest BCUT2D eigenvalue weighted by atomic mass is 16.8. The Morgan fingerprint density at radius 3 is 2.80 bits per heavy atom. The van der Waals surface area contributed by atoms with Gasteiger partial charge in [-0.15, -0.1) is 0 Å². The molecule has 0 aromatic carbocycles. The van der Waals surface area contributed by atoms with Gasteiger partial charge in [0.05, 0.1) is 12.7 Å². The molecule has 0 aromatic heterocycles. The van der Waals surface area contributed by atoms with Crippen LogP contribution < -0.4 is 0 Å². The van der Waals surface area contributed by atoms with E-state index in [4.69, 9.17) is 18.9 Å². The molecule has 2 fully saturated rings.